The molecule has 32 heavy (non-hydrogen) atoms. The quantitative estimate of drug-likeness (QED) is 0.408. The average Bonchev–Trinajstić information content (AvgIpc) is 3.08. The van der Waals surface area contributed by atoms with Gasteiger partial charge in [-0.15, -0.1) is 0 Å². The summed E-state index contributed by atoms with van der Waals surface area (Å²) in [5.41, 5.74) is 7.02. The predicted octanol–water partition coefficient (Wildman–Crippen LogP) is 3.46. The minimum absolute atomic E-state index is 0.0865. The van der Waals surface area contributed by atoms with E-state index in [9.17, 15) is 18.4 Å². The van der Waals surface area contributed by atoms with E-state index >= 15 is 0 Å². The third kappa shape index (κ3) is 5.49. The average molecular weight is 463 g/mol. The monoisotopic (exact) mass is 462 g/mol. The van der Waals surface area contributed by atoms with Gasteiger partial charge in [0, 0.05) is 16.6 Å². The van der Waals surface area contributed by atoms with E-state index in [4.69, 9.17) is 22.4 Å². The molecule has 2 atom stereocenters. The van der Waals surface area contributed by atoms with Gasteiger partial charge in [-0.2, -0.15) is 5.10 Å². The van der Waals surface area contributed by atoms with E-state index in [0.29, 0.717) is 16.1 Å². The highest BCUT2D eigenvalue weighted by atomic mass is 35.5. The molecule has 7 nitrogen and oxygen atoms in total. The van der Waals surface area contributed by atoms with Crippen LogP contribution in [0.15, 0.2) is 42.5 Å². The molecular weight excluding hydrogens is 442 g/mol. The van der Waals surface area contributed by atoms with Crippen LogP contribution in [-0.2, 0) is 11.2 Å². The number of nitrogens with two attached hydrogens (primary N) is 1. The normalized spacial score (nSPS) is 12.9. The Kier molecular flexibility index (Phi) is 7.22. The number of aliphatic carboxylic acids is 1. The zero-order chi connectivity index (χ0) is 23.4. The van der Waals surface area contributed by atoms with Crippen molar-refractivity contribution in [3.63, 3.8) is 0 Å². The number of carbonyl (C=O) groups is 2. The SMILES string of the molecule is Cc1[nH]nc(C(=O)N[C@H](Cc2ccc(-c3cc(Cl)ccc3F)cc2)C[C@@H](N)C(=O)O)c1F. The third-order valence-corrected chi connectivity index (χ3v) is 5.19. The van der Waals surface area contributed by atoms with Crippen molar-refractivity contribution in [2.45, 2.75) is 31.8 Å². The summed E-state index contributed by atoms with van der Waals surface area (Å²) < 4.78 is 28.1. The van der Waals surface area contributed by atoms with Crippen molar-refractivity contribution in [2.24, 2.45) is 5.73 Å². The van der Waals surface area contributed by atoms with E-state index in [1.54, 1.807) is 24.3 Å². The Labute approximate surface area is 187 Å². The molecule has 1 aromatic heterocycles. The lowest BCUT2D eigenvalue weighted by Gasteiger charge is -2.20. The van der Waals surface area contributed by atoms with Crippen LogP contribution in [0.1, 0.15) is 28.2 Å². The van der Waals surface area contributed by atoms with Crippen LogP contribution in [0.3, 0.4) is 0 Å². The number of carboxylic acid groups (broad SMARTS) is 1. The number of halogens is 3. The van der Waals surface area contributed by atoms with Crippen LogP contribution in [-0.4, -0.2) is 39.3 Å². The number of rotatable bonds is 8. The third-order valence-electron chi connectivity index (χ3n) is 4.95. The molecule has 0 fully saturated rings. The summed E-state index contributed by atoms with van der Waals surface area (Å²) in [5, 5.41) is 18.2. The highest BCUT2D eigenvalue weighted by Gasteiger charge is 2.24. The van der Waals surface area contributed by atoms with Gasteiger partial charge < -0.3 is 16.2 Å². The lowest BCUT2D eigenvalue weighted by molar-refractivity contribution is -0.138. The molecule has 2 aromatic carbocycles. The van der Waals surface area contributed by atoms with Gasteiger partial charge in [-0.1, -0.05) is 35.9 Å². The second kappa shape index (κ2) is 9.88. The molecule has 10 heteroatoms. The number of aryl methyl sites for hydroxylation is 1. The number of benzene rings is 2. The molecule has 3 aromatic rings. The number of aromatic amines is 1. The summed E-state index contributed by atoms with van der Waals surface area (Å²) >= 11 is 5.95. The van der Waals surface area contributed by atoms with Crippen molar-refractivity contribution in [1.29, 1.82) is 0 Å². The molecular formula is C22H21ClF2N4O3. The van der Waals surface area contributed by atoms with Crippen LogP contribution in [0.5, 0.6) is 0 Å². The first-order valence-corrected chi connectivity index (χ1v) is 10.1. The largest absolute Gasteiger partial charge is 0.480 e. The smallest absolute Gasteiger partial charge is 0.320 e. The van der Waals surface area contributed by atoms with E-state index < -0.39 is 41.3 Å². The first kappa shape index (κ1) is 23.4. The van der Waals surface area contributed by atoms with Crippen molar-refractivity contribution in [3.8, 4) is 11.1 Å². The Hall–Kier alpha value is -3.30. The van der Waals surface area contributed by atoms with Gasteiger partial charge in [0.2, 0.25) is 0 Å². The van der Waals surface area contributed by atoms with E-state index in [2.05, 4.69) is 15.5 Å². The number of carbonyl (C=O) groups excluding carboxylic acids is 1. The Morgan fingerprint density at radius 1 is 1.22 bits per heavy atom. The lowest BCUT2D eigenvalue weighted by atomic mass is 9.97. The number of aromatic nitrogens is 2. The second-order valence-corrected chi connectivity index (χ2v) is 7.82. The minimum atomic E-state index is -1.23. The van der Waals surface area contributed by atoms with Gasteiger partial charge in [-0.25, -0.2) is 8.78 Å². The molecule has 0 bridgehead atoms. The summed E-state index contributed by atoms with van der Waals surface area (Å²) in [6.07, 6.45) is 0.132. The maximum Gasteiger partial charge on any atom is 0.320 e. The van der Waals surface area contributed by atoms with E-state index in [0.717, 1.165) is 5.56 Å². The Balaban J connectivity index is 1.79. The molecule has 0 radical (unpaired) electrons. The zero-order valence-corrected chi connectivity index (χ0v) is 17.8. The molecule has 0 aliphatic rings. The molecule has 5 N–H and O–H groups in total. The first-order valence-electron chi connectivity index (χ1n) is 9.69. The standard InChI is InChI=1S/C22H21ClF2N4O3/c1-11-19(25)20(29-28-11)21(30)27-15(10-18(26)22(31)32)8-12-2-4-13(5-3-12)16-9-14(23)6-7-17(16)24/h2-7,9,15,18H,8,10,26H2,1H3,(H,27,30)(H,28,29)(H,31,32)/t15-,18-/m1/s1. The van der Waals surface area contributed by atoms with Gasteiger partial charge in [0.15, 0.2) is 11.5 Å². The van der Waals surface area contributed by atoms with Crippen LogP contribution < -0.4 is 11.1 Å². The van der Waals surface area contributed by atoms with Gasteiger partial charge in [0.05, 0.1) is 5.69 Å². The fourth-order valence-electron chi connectivity index (χ4n) is 3.24. The number of hydrogen-bond acceptors (Lipinski definition) is 4. The van der Waals surface area contributed by atoms with Crippen LogP contribution in [0.2, 0.25) is 5.02 Å². The molecule has 0 saturated heterocycles. The van der Waals surface area contributed by atoms with Crippen molar-refractivity contribution < 1.29 is 23.5 Å². The number of nitrogens with zero attached hydrogens (tertiary/aromatic N) is 1. The number of hydrogen-bond donors (Lipinski definition) is 4. The Bertz CT molecular complexity index is 1130. The first-order chi connectivity index (χ1) is 15.2. The number of nitrogens with one attached hydrogen (secondary N) is 2. The van der Waals surface area contributed by atoms with E-state index in [1.165, 1.54) is 25.1 Å². The molecule has 3 rings (SSSR count). The van der Waals surface area contributed by atoms with Crippen molar-refractivity contribution >= 4 is 23.5 Å². The molecule has 168 valence electrons. The number of H-pyrrole nitrogens is 1. The Morgan fingerprint density at radius 3 is 2.50 bits per heavy atom. The summed E-state index contributed by atoms with van der Waals surface area (Å²) in [6, 6.07) is 9.14. The van der Waals surface area contributed by atoms with Crippen molar-refractivity contribution in [2.75, 3.05) is 0 Å². The van der Waals surface area contributed by atoms with Gasteiger partial charge in [-0.05, 0) is 49.1 Å². The molecule has 1 heterocycles. The van der Waals surface area contributed by atoms with Gasteiger partial charge >= 0.3 is 5.97 Å². The van der Waals surface area contributed by atoms with Crippen LogP contribution >= 0.6 is 11.6 Å². The summed E-state index contributed by atoms with van der Waals surface area (Å²) in [4.78, 5) is 23.7. The van der Waals surface area contributed by atoms with Crippen molar-refractivity contribution in [3.05, 3.63) is 76.1 Å². The fourth-order valence-corrected chi connectivity index (χ4v) is 3.42. The Morgan fingerprint density at radius 2 is 1.91 bits per heavy atom. The van der Waals surface area contributed by atoms with Crippen molar-refractivity contribution in [1.82, 2.24) is 15.5 Å². The topological polar surface area (TPSA) is 121 Å². The number of amides is 1. The molecule has 1 amide bonds. The second-order valence-electron chi connectivity index (χ2n) is 7.39. The molecule has 0 saturated carbocycles. The predicted molar refractivity (Wildman–Crippen MR) is 115 cm³/mol. The summed E-state index contributed by atoms with van der Waals surface area (Å²) in [7, 11) is 0. The highest BCUT2D eigenvalue weighted by molar-refractivity contribution is 6.30. The van der Waals surface area contributed by atoms with Crippen LogP contribution in [0.25, 0.3) is 11.1 Å². The lowest BCUT2D eigenvalue weighted by Crippen LogP contribution is -2.43. The molecule has 0 spiro atoms. The molecule has 0 unspecified atom stereocenters. The molecule has 0 aliphatic heterocycles. The maximum atomic E-state index is 14.1. The van der Waals surface area contributed by atoms with Gasteiger partial charge in [0.25, 0.3) is 5.91 Å². The minimum Gasteiger partial charge on any atom is -0.480 e. The number of carboxylic acids is 1. The summed E-state index contributed by atoms with van der Waals surface area (Å²) in [6.45, 7) is 1.43. The fraction of sp³-hybridized carbons (Fsp3) is 0.227. The zero-order valence-electron chi connectivity index (χ0n) is 17.0. The highest BCUT2D eigenvalue weighted by Crippen LogP contribution is 2.26. The summed E-state index contributed by atoms with van der Waals surface area (Å²) in [5.74, 6) is -3.21. The van der Waals surface area contributed by atoms with Gasteiger partial charge in [-0.3, -0.25) is 14.7 Å². The van der Waals surface area contributed by atoms with Crippen LogP contribution in [0.4, 0.5) is 8.78 Å². The van der Waals surface area contributed by atoms with Gasteiger partial charge in [0.1, 0.15) is 11.9 Å². The van der Waals surface area contributed by atoms with E-state index in [-0.39, 0.29) is 18.5 Å². The molecule has 0 aliphatic carbocycles. The van der Waals surface area contributed by atoms with E-state index in [1.807, 2.05) is 0 Å². The van der Waals surface area contributed by atoms with Crippen LogP contribution in [0, 0.1) is 18.6 Å². The maximum absolute atomic E-state index is 14.1.